The van der Waals surface area contributed by atoms with Gasteiger partial charge in [0.2, 0.25) is 5.91 Å². The molecule has 26 heavy (non-hydrogen) atoms. The summed E-state index contributed by atoms with van der Waals surface area (Å²) >= 11 is 1.34. The van der Waals surface area contributed by atoms with Gasteiger partial charge < -0.3 is 15.4 Å². The van der Waals surface area contributed by atoms with E-state index < -0.39 is 11.9 Å². The van der Waals surface area contributed by atoms with Crippen LogP contribution in [0.1, 0.15) is 23.3 Å². The number of rotatable bonds is 5. The van der Waals surface area contributed by atoms with Crippen LogP contribution in [-0.2, 0) is 14.3 Å². The van der Waals surface area contributed by atoms with Crippen molar-refractivity contribution in [3.63, 3.8) is 0 Å². The minimum Gasteiger partial charge on any atom is -0.451 e. The Kier molecular flexibility index (Phi) is 5.62. The second-order valence-electron chi connectivity index (χ2n) is 6.06. The second kappa shape index (κ2) is 8.09. The molecule has 1 aliphatic heterocycles. The van der Waals surface area contributed by atoms with Crippen LogP contribution < -0.4 is 5.73 Å². The van der Waals surface area contributed by atoms with Crippen LogP contribution in [0.2, 0.25) is 0 Å². The topological polar surface area (TPSA) is 103 Å². The van der Waals surface area contributed by atoms with Gasteiger partial charge in [-0.05, 0) is 12.8 Å². The summed E-state index contributed by atoms with van der Waals surface area (Å²) in [6.07, 6.45) is 1.39. The van der Waals surface area contributed by atoms with Crippen molar-refractivity contribution in [2.75, 3.05) is 19.7 Å². The Labute approximate surface area is 154 Å². The van der Waals surface area contributed by atoms with E-state index in [4.69, 9.17) is 10.5 Å². The molecular weight excluding hydrogens is 354 g/mol. The highest BCUT2D eigenvalue weighted by atomic mass is 32.1. The van der Waals surface area contributed by atoms with Crippen LogP contribution in [0.3, 0.4) is 0 Å². The van der Waals surface area contributed by atoms with Crippen LogP contribution in [0.25, 0.3) is 10.6 Å². The lowest BCUT2D eigenvalue weighted by molar-refractivity contribution is -0.137. The molecule has 0 bridgehead atoms. The highest BCUT2D eigenvalue weighted by Gasteiger charge is 2.27. The third kappa shape index (κ3) is 4.26. The molecule has 0 saturated carbocycles. The van der Waals surface area contributed by atoms with Gasteiger partial charge >= 0.3 is 5.97 Å². The van der Waals surface area contributed by atoms with Gasteiger partial charge in [-0.3, -0.25) is 9.59 Å². The third-order valence-electron chi connectivity index (χ3n) is 4.24. The molecule has 2 N–H and O–H groups in total. The Hall–Kier alpha value is -2.74. The molecule has 7 nitrogen and oxygen atoms in total. The van der Waals surface area contributed by atoms with E-state index in [0.717, 1.165) is 5.56 Å². The quantitative estimate of drug-likeness (QED) is 0.804. The fourth-order valence-electron chi connectivity index (χ4n) is 2.81. The van der Waals surface area contributed by atoms with E-state index in [2.05, 4.69) is 4.98 Å². The number of nitrogens with two attached hydrogens (primary N) is 1. The lowest BCUT2D eigenvalue weighted by atomic mass is 9.97. The molecule has 2 heterocycles. The molecule has 136 valence electrons. The zero-order valence-corrected chi connectivity index (χ0v) is 14.9. The Morgan fingerprint density at radius 3 is 2.77 bits per heavy atom. The molecule has 1 atom stereocenters. The van der Waals surface area contributed by atoms with Crippen LogP contribution in [0.4, 0.5) is 0 Å². The van der Waals surface area contributed by atoms with Gasteiger partial charge in [0.15, 0.2) is 12.3 Å². The summed E-state index contributed by atoms with van der Waals surface area (Å²) in [7, 11) is 0. The monoisotopic (exact) mass is 373 g/mol. The van der Waals surface area contributed by atoms with E-state index in [9.17, 15) is 14.4 Å². The number of aromatic nitrogens is 1. The number of nitrogens with zero attached hydrogens (tertiary/aromatic N) is 2. The number of benzene rings is 1. The SMILES string of the molecule is NC(=O)[C@H]1CCCN(C(=O)COC(=O)c2csc(-c3ccccc3)n2)C1. The maximum absolute atomic E-state index is 12.2. The number of likely N-dealkylation sites (tertiary alicyclic amines) is 1. The Morgan fingerprint density at radius 1 is 1.27 bits per heavy atom. The van der Waals surface area contributed by atoms with Gasteiger partial charge in [0.1, 0.15) is 5.01 Å². The molecule has 1 aromatic carbocycles. The maximum Gasteiger partial charge on any atom is 0.358 e. The molecule has 0 spiro atoms. The van der Waals surface area contributed by atoms with Gasteiger partial charge in [0, 0.05) is 24.0 Å². The van der Waals surface area contributed by atoms with Crippen molar-refractivity contribution >= 4 is 29.1 Å². The van der Waals surface area contributed by atoms with E-state index >= 15 is 0 Å². The zero-order valence-electron chi connectivity index (χ0n) is 14.1. The largest absolute Gasteiger partial charge is 0.451 e. The van der Waals surface area contributed by atoms with E-state index in [0.29, 0.717) is 24.4 Å². The predicted octanol–water partition coefficient (Wildman–Crippen LogP) is 1.69. The number of esters is 1. The highest BCUT2D eigenvalue weighted by molar-refractivity contribution is 7.13. The molecule has 1 fully saturated rings. The van der Waals surface area contributed by atoms with Crippen molar-refractivity contribution in [3.8, 4) is 10.6 Å². The first-order valence-electron chi connectivity index (χ1n) is 8.30. The summed E-state index contributed by atoms with van der Waals surface area (Å²) in [5.74, 6) is -1.71. The van der Waals surface area contributed by atoms with Gasteiger partial charge in [0.25, 0.3) is 5.91 Å². The summed E-state index contributed by atoms with van der Waals surface area (Å²) in [5.41, 5.74) is 6.40. The number of ether oxygens (including phenoxy) is 1. The molecule has 8 heteroatoms. The van der Waals surface area contributed by atoms with Crippen LogP contribution in [0.5, 0.6) is 0 Å². The zero-order chi connectivity index (χ0) is 18.5. The molecule has 1 saturated heterocycles. The van der Waals surface area contributed by atoms with Gasteiger partial charge in [-0.25, -0.2) is 9.78 Å². The number of carbonyl (C=O) groups is 3. The van der Waals surface area contributed by atoms with Crippen molar-refractivity contribution in [1.82, 2.24) is 9.88 Å². The first-order chi connectivity index (χ1) is 12.5. The molecule has 2 aromatic rings. The van der Waals surface area contributed by atoms with Crippen LogP contribution in [-0.4, -0.2) is 47.4 Å². The van der Waals surface area contributed by atoms with Crippen LogP contribution in [0.15, 0.2) is 35.7 Å². The van der Waals surface area contributed by atoms with Gasteiger partial charge in [0.05, 0.1) is 5.92 Å². The lowest BCUT2D eigenvalue weighted by Gasteiger charge is -2.30. The number of primary amides is 1. The van der Waals surface area contributed by atoms with Crippen LogP contribution >= 0.6 is 11.3 Å². The lowest BCUT2D eigenvalue weighted by Crippen LogP contribution is -2.45. The predicted molar refractivity (Wildman–Crippen MR) is 96.3 cm³/mol. The van der Waals surface area contributed by atoms with Gasteiger partial charge in [-0.1, -0.05) is 30.3 Å². The fraction of sp³-hybridized carbons (Fsp3) is 0.333. The van der Waals surface area contributed by atoms with Crippen molar-refractivity contribution in [1.29, 1.82) is 0 Å². The van der Waals surface area contributed by atoms with Gasteiger partial charge in [-0.2, -0.15) is 0 Å². The minimum atomic E-state index is -0.639. The Morgan fingerprint density at radius 2 is 2.04 bits per heavy atom. The number of amides is 2. The molecule has 2 amide bonds. The van der Waals surface area contributed by atoms with Crippen molar-refractivity contribution in [3.05, 3.63) is 41.4 Å². The van der Waals surface area contributed by atoms with E-state index in [1.807, 2.05) is 30.3 Å². The molecule has 0 radical (unpaired) electrons. The molecule has 0 unspecified atom stereocenters. The third-order valence-corrected chi connectivity index (χ3v) is 5.13. The van der Waals surface area contributed by atoms with Crippen molar-refractivity contribution < 1.29 is 19.1 Å². The molecule has 0 aliphatic carbocycles. The highest BCUT2D eigenvalue weighted by Crippen LogP contribution is 2.23. The normalized spacial score (nSPS) is 16.9. The number of hydrogen-bond donors (Lipinski definition) is 1. The summed E-state index contributed by atoms with van der Waals surface area (Å²) in [6, 6.07) is 9.50. The van der Waals surface area contributed by atoms with E-state index in [1.54, 1.807) is 5.38 Å². The first-order valence-corrected chi connectivity index (χ1v) is 9.17. The van der Waals surface area contributed by atoms with Gasteiger partial charge in [-0.15, -0.1) is 11.3 Å². The smallest absolute Gasteiger partial charge is 0.358 e. The number of hydrogen-bond acceptors (Lipinski definition) is 6. The number of thiazole rings is 1. The van der Waals surface area contributed by atoms with Crippen molar-refractivity contribution in [2.45, 2.75) is 12.8 Å². The second-order valence-corrected chi connectivity index (χ2v) is 6.92. The molecule has 1 aliphatic rings. The average Bonchev–Trinajstić information content (AvgIpc) is 3.17. The molecule has 1 aromatic heterocycles. The van der Waals surface area contributed by atoms with Crippen molar-refractivity contribution in [2.24, 2.45) is 11.7 Å². The maximum atomic E-state index is 12.2. The summed E-state index contributed by atoms with van der Waals surface area (Å²) < 4.78 is 5.09. The van der Waals surface area contributed by atoms with E-state index in [-0.39, 0.29) is 30.7 Å². The Balaban J connectivity index is 1.55. The minimum absolute atomic E-state index is 0.176. The standard InChI is InChI=1S/C18H19N3O4S/c19-16(23)13-7-4-8-21(9-13)15(22)10-25-18(24)14-11-26-17(20-14)12-5-2-1-3-6-12/h1-3,5-6,11,13H,4,7-10H2,(H2,19,23)/t13-/m0/s1. The molecule has 3 rings (SSSR count). The summed E-state index contributed by atoms with van der Waals surface area (Å²) in [4.78, 5) is 41.4. The fourth-order valence-corrected chi connectivity index (χ4v) is 3.60. The Bertz CT molecular complexity index is 806. The van der Waals surface area contributed by atoms with E-state index in [1.165, 1.54) is 16.2 Å². The first kappa shape index (κ1) is 18.1. The number of carbonyl (C=O) groups excluding carboxylic acids is 3. The van der Waals surface area contributed by atoms with Crippen LogP contribution in [0, 0.1) is 5.92 Å². The average molecular weight is 373 g/mol. The summed E-state index contributed by atoms with van der Waals surface area (Å²) in [5, 5.41) is 2.32. The molecular formula is C18H19N3O4S. The number of piperidine rings is 1. The summed E-state index contributed by atoms with van der Waals surface area (Å²) in [6.45, 7) is 0.443.